The molecule has 1 amide bonds. The number of nitro benzene ring substituents is 1. The molecule has 2 rings (SSSR count). The van der Waals surface area contributed by atoms with Crippen molar-refractivity contribution in [3.05, 3.63) is 62.1 Å². The van der Waals surface area contributed by atoms with Gasteiger partial charge in [-0.05, 0) is 48.7 Å². The molecule has 0 unspecified atom stereocenters. The van der Waals surface area contributed by atoms with E-state index >= 15 is 0 Å². The molecular formula is C17H17BrN2O4. The number of aryl methyl sites for hydroxylation is 2. The van der Waals surface area contributed by atoms with Gasteiger partial charge in [0.15, 0.2) is 6.61 Å². The van der Waals surface area contributed by atoms with Gasteiger partial charge in [-0.2, -0.15) is 0 Å². The molecular weight excluding hydrogens is 376 g/mol. The van der Waals surface area contributed by atoms with Crippen molar-refractivity contribution in [1.82, 2.24) is 0 Å². The van der Waals surface area contributed by atoms with Gasteiger partial charge in [0.25, 0.3) is 11.6 Å². The third-order valence-corrected chi connectivity index (χ3v) is 3.95. The highest BCUT2D eigenvalue weighted by atomic mass is 79.9. The summed E-state index contributed by atoms with van der Waals surface area (Å²) in [6.45, 7) is 3.58. The maximum atomic E-state index is 12.0. The van der Waals surface area contributed by atoms with Gasteiger partial charge in [0.2, 0.25) is 0 Å². The topological polar surface area (TPSA) is 81.5 Å². The summed E-state index contributed by atoms with van der Waals surface area (Å²) in [6, 6.07) is 9.91. The number of rotatable bonds is 6. The van der Waals surface area contributed by atoms with Crippen molar-refractivity contribution in [3.63, 3.8) is 0 Å². The average molecular weight is 393 g/mol. The summed E-state index contributed by atoms with van der Waals surface area (Å²) in [7, 11) is 0. The Hall–Kier alpha value is -2.41. The van der Waals surface area contributed by atoms with E-state index in [0.29, 0.717) is 17.0 Å². The highest BCUT2D eigenvalue weighted by molar-refractivity contribution is 9.10. The highest BCUT2D eigenvalue weighted by Gasteiger charge is 2.11. The van der Waals surface area contributed by atoms with Crippen molar-refractivity contribution in [1.29, 1.82) is 0 Å². The van der Waals surface area contributed by atoms with E-state index in [-0.39, 0.29) is 18.2 Å². The first-order valence-corrected chi connectivity index (χ1v) is 8.16. The van der Waals surface area contributed by atoms with Crippen molar-refractivity contribution in [2.75, 3.05) is 11.9 Å². The van der Waals surface area contributed by atoms with Crippen LogP contribution in [0.1, 0.15) is 18.1 Å². The zero-order valence-electron chi connectivity index (χ0n) is 13.3. The minimum Gasteiger partial charge on any atom is -0.483 e. The number of non-ortho nitro benzene ring substituents is 1. The van der Waals surface area contributed by atoms with Crippen LogP contribution in [-0.4, -0.2) is 17.4 Å². The predicted molar refractivity (Wildman–Crippen MR) is 95.5 cm³/mol. The standard InChI is InChI=1S/C17H17BrN2O4/c1-3-12-9-13(18)4-7-16(12)24-10-17(21)19-15-6-5-14(20(22)23)8-11(15)2/h4-9H,3,10H2,1-2H3,(H,19,21). The first kappa shape index (κ1) is 17.9. The van der Waals surface area contributed by atoms with Crippen LogP contribution in [0.15, 0.2) is 40.9 Å². The molecule has 0 aliphatic rings. The van der Waals surface area contributed by atoms with Crippen LogP contribution < -0.4 is 10.1 Å². The molecule has 0 spiro atoms. The number of hydrogen-bond acceptors (Lipinski definition) is 4. The molecule has 2 aromatic rings. The van der Waals surface area contributed by atoms with Crippen molar-refractivity contribution in [2.45, 2.75) is 20.3 Å². The number of nitro groups is 1. The Bertz CT molecular complexity index is 777. The number of nitrogens with zero attached hydrogens (tertiary/aromatic N) is 1. The molecule has 126 valence electrons. The number of carbonyl (C=O) groups is 1. The van der Waals surface area contributed by atoms with Crippen molar-refractivity contribution < 1.29 is 14.5 Å². The van der Waals surface area contributed by atoms with Crippen molar-refractivity contribution in [3.8, 4) is 5.75 Å². The molecule has 7 heteroatoms. The third-order valence-electron chi connectivity index (χ3n) is 3.46. The molecule has 0 fully saturated rings. The average Bonchev–Trinajstić information content (AvgIpc) is 2.55. The van der Waals surface area contributed by atoms with Gasteiger partial charge in [-0.15, -0.1) is 0 Å². The zero-order chi connectivity index (χ0) is 17.7. The molecule has 0 saturated heterocycles. The fraction of sp³-hybridized carbons (Fsp3) is 0.235. The molecule has 0 aliphatic carbocycles. The second-order valence-electron chi connectivity index (χ2n) is 5.20. The van der Waals surface area contributed by atoms with Crippen LogP contribution >= 0.6 is 15.9 Å². The molecule has 6 nitrogen and oxygen atoms in total. The van der Waals surface area contributed by atoms with E-state index < -0.39 is 4.92 Å². The highest BCUT2D eigenvalue weighted by Crippen LogP contribution is 2.24. The summed E-state index contributed by atoms with van der Waals surface area (Å²) >= 11 is 3.40. The normalized spacial score (nSPS) is 10.3. The van der Waals surface area contributed by atoms with Gasteiger partial charge < -0.3 is 10.1 Å². The predicted octanol–water partition coefficient (Wildman–Crippen LogP) is 4.25. The third kappa shape index (κ3) is 4.55. The van der Waals surface area contributed by atoms with E-state index in [1.807, 2.05) is 25.1 Å². The Morgan fingerprint density at radius 2 is 2.04 bits per heavy atom. The summed E-state index contributed by atoms with van der Waals surface area (Å²) in [4.78, 5) is 22.3. The van der Waals surface area contributed by atoms with Crippen LogP contribution in [0.4, 0.5) is 11.4 Å². The minimum absolute atomic E-state index is 0.0100. The Kier molecular flexibility index (Phi) is 5.92. The lowest BCUT2D eigenvalue weighted by Crippen LogP contribution is -2.21. The summed E-state index contributed by atoms with van der Waals surface area (Å²) in [6.07, 6.45) is 0.790. The van der Waals surface area contributed by atoms with Crippen molar-refractivity contribution in [2.24, 2.45) is 0 Å². The largest absolute Gasteiger partial charge is 0.483 e. The van der Waals surface area contributed by atoms with Gasteiger partial charge in [-0.1, -0.05) is 22.9 Å². The minimum atomic E-state index is -0.471. The van der Waals surface area contributed by atoms with Gasteiger partial charge in [-0.25, -0.2) is 0 Å². The van der Waals surface area contributed by atoms with E-state index in [9.17, 15) is 14.9 Å². The lowest BCUT2D eigenvalue weighted by molar-refractivity contribution is -0.384. The van der Waals surface area contributed by atoms with E-state index in [1.54, 1.807) is 6.92 Å². The van der Waals surface area contributed by atoms with Crippen molar-refractivity contribution >= 4 is 33.2 Å². The number of ether oxygens (including phenoxy) is 1. The Morgan fingerprint density at radius 3 is 2.67 bits per heavy atom. The Morgan fingerprint density at radius 1 is 1.29 bits per heavy atom. The molecule has 1 N–H and O–H groups in total. The van der Waals surface area contributed by atoms with Gasteiger partial charge in [0, 0.05) is 22.3 Å². The summed E-state index contributed by atoms with van der Waals surface area (Å²) in [5.74, 6) is 0.341. The van der Waals surface area contributed by atoms with E-state index in [0.717, 1.165) is 16.5 Å². The van der Waals surface area contributed by atoms with Crippen LogP contribution in [0.3, 0.4) is 0 Å². The molecule has 2 aromatic carbocycles. The van der Waals surface area contributed by atoms with Gasteiger partial charge in [-0.3, -0.25) is 14.9 Å². The van der Waals surface area contributed by atoms with E-state index in [4.69, 9.17) is 4.74 Å². The summed E-state index contributed by atoms with van der Waals surface area (Å²) in [5, 5.41) is 13.4. The Labute approximate surface area is 148 Å². The Balaban J connectivity index is 2.00. The molecule has 24 heavy (non-hydrogen) atoms. The van der Waals surface area contributed by atoms with E-state index in [2.05, 4.69) is 21.2 Å². The van der Waals surface area contributed by atoms with Gasteiger partial charge in [0.1, 0.15) is 5.75 Å². The molecule has 0 radical (unpaired) electrons. The first-order valence-electron chi connectivity index (χ1n) is 7.36. The van der Waals surface area contributed by atoms with Crippen LogP contribution in [0, 0.1) is 17.0 Å². The summed E-state index contributed by atoms with van der Waals surface area (Å²) in [5.41, 5.74) is 2.14. The maximum absolute atomic E-state index is 12.0. The smallest absolute Gasteiger partial charge is 0.269 e. The van der Waals surface area contributed by atoms with Crippen LogP contribution in [0.5, 0.6) is 5.75 Å². The molecule has 0 aliphatic heterocycles. The zero-order valence-corrected chi connectivity index (χ0v) is 14.9. The number of carbonyl (C=O) groups excluding carboxylic acids is 1. The number of benzene rings is 2. The summed E-state index contributed by atoms with van der Waals surface area (Å²) < 4.78 is 6.53. The van der Waals surface area contributed by atoms with Gasteiger partial charge in [0.05, 0.1) is 4.92 Å². The fourth-order valence-electron chi connectivity index (χ4n) is 2.20. The molecule has 0 heterocycles. The molecule has 0 saturated carbocycles. The molecule has 0 aromatic heterocycles. The molecule has 0 atom stereocenters. The van der Waals surface area contributed by atoms with Gasteiger partial charge >= 0.3 is 0 Å². The van der Waals surface area contributed by atoms with Crippen LogP contribution in [-0.2, 0) is 11.2 Å². The lowest BCUT2D eigenvalue weighted by atomic mass is 10.1. The fourth-order valence-corrected chi connectivity index (χ4v) is 2.60. The monoisotopic (exact) mass is 392 g/mol. The maximum Gasteiger partial charge on any atom is 0.269 e. The second kappa shape index (κ2) is 7.92. The number of nitrogens with one attached hydrogen (secondary N) is 1. The van der Waals surface area contributed by atoms with Crippen LogP contribution in [0.2, 0.25) is 0 Å². The number of anilines is 1. The SMILES string of the molecule is CCc1cc(Br)ccc1OCC(=O)Nc1ccc([N+](=O)[O-])cc1C. The number of halogens is 1. The second-order valence-corrected chi connectivity index (χ2v) is 6.11. The quantitative estimate of drug-likeness (QED) is 0.588. The van der Waals surface area contributed by atoms with Crippen LogP contribution in [0.25, 0.3) is 0 Å². The lowest BCUT2D eigenvalue weighted by Gasteiger charge is -2.12. The molecule has 0 bridgehead atoms. The number of amides is 1. The van der Waals surface area contributed by atoms with E-state index in [1.165, 1.54) is 18.2 Å². The first-order chi connectivity index (χ1) is 11.4. The number of hydrogen-bond donors (Lipinski definition) is 1.